The van der Waals surface area contributed by atoms with Crippen LogP contribution in [0.3, 0.4) is 0 Å². The van der Waals surface area contributed by atoms with Crippen molar-refractivity contribution in [3.63, 3.8) is 0 Å². The lowest BCUT2D eigenvalue weighted by atomic mass is 10.0. The van der Waals surface area contributed by atoms with E-state index in [1.54, 1.807) is 19.2 Å². The number of piperidine rings is 1. The van der Waals surface area contributed by atoms with E-state index < -0.39 is 0 Å². The fourth-order valence-electron chi connectivity index (χ4n) is 3.90. The maximum absolute atomic E-state index is 13.1. The second-order valence-electron chi connectivity index (χ2n) is 7.27. The summed E-state index contributed by atoms with van der Waals surface area (Å²) in [7, 11) is 1.56. The van der Waals surface area contributed by atoms with Crippen LogP contribution < -0.4 is 10.1 Å². The molecule has 0 saturated carbocycles. The Morgan fingerprint density at radius 2 is 1.55 bits per heavy atom. The Kier molecular flexibility index (Phi) is 5.47. The number of amides is 2. The van der Waals surface area contributed by atoms with Gasteiger partial charge in [0.1, 0.15) is 5.75 Å². The molecule has 0 atom stereocenters. The van der Waals surface area contributed by atoms with Gasteiger partial charge in [-0.15, -0.1) is 0 Å². The molecule has 5 heteroatoms. The van der Waals surface area contributed by atoms with Gasteiger partial charge in [0.15, 0.2) is 0 Å². The predicted molar refractivity (Wildman–Crippen MR) is 113 cm³/mol. The molecule has 0 unspecified atom stereocenters. The molecule has 1 aliphatic rings. The summed E-state index contributed by atoms with van der Waals surface area (Å²) in [4.78, 5) is 27.6. The Morgan fingerprint density at radius 1 is 0.897 bits per heavy atom. The molecule has 29 heavy (non-hydrogen) atoms. The van der Waals surface area contributed by atoms with Crippen LogP contribution >= 0.6 is 0 Å². The van der Waals surface area contributed by atoms with Gasteiger partial charge >= 0.3 is 0 Å². The Morgan fingerprint density at radius 3 is 2.34 bits per heavy atom. The van der Waals surface area contributed by atoms with E-state index in [0.29, 0.717) is 24.4 Å². The molecule has 0 aliphatic carbocycles. The number of methoxy groups -OCH3 is 1. The van der Waals surface area contributed by atoms with E-state index in [1.807, 2.05) is 59.5 Å². The Labute approximate surface area is 170 Å². The number of carbonyl (C=O) groups excluding carboxylic acids is 2. The second-order valence-corrected chi connectivity index (χ2v) is 7.27. The van der Waals surface area contributed by atoms with Crippen molar-refractivity contribution < 1.29 is 14.3 Å². The lowest BCUT2D eigenvalue weighted by Crippen LogP contribution is -2.46. The number of hydrogen-bond acceptors (Lipinski definition) is 3. The lowest BCUT2D eigenvalue weighted by Gasteiger charge is -2.32. The number of nitrogens with zero attached hydrogens (tertiary/aromatic N) is 1. The van der Waals surface area contributed by atoms with Crippen LogP contribution in [-0.2, 0) is 0 Å². The number of likely N-dealkylation sites (tertiary alicyclic amines) is 1. The van der Waals surface area contributed by atoms with E-state index in [9.17, 15) is 9.59 Å². The number of benzene rings is 3. The average Bonchev–Trinajstić information content (AvgIpc) is 2.78. The minimum atomic E-state index is -0.138. The van der Waals surface area contributed by atoms with Crippen molar-refractivity contribution in [1.82, 2.24) is 10.2 Å². The Bertz CT molecular complexity index is 1030. The van der Waals surface area contributed by atoms with Gasteiger partial charge in [0, 0.05) is 24.7 Å². The van der Waals surface area contributed by atoms with Crippen molar-refractivity contribution in [2.24, 2.45) is 0 Å². The van der Waals surface area contributed by atoms with Crippen LogP contribution in [-0.4, -0.2) is 43.0 Å². The molecule has 2 amide bonds. The summed E-state index contributed by atoms with van der Waals surface area (Å²) in [6.45, 7) is 1.25. The first kappa shape index (κ1) is 19.0. The smallest absolute Gasteiger partial charge is 0.255 e. The number of hydrogen-bond donors (Lipinski definition) is 1. The normalized spacial score (nSPS) is 14.6. The minimum Gasteiger partial charge on any atom is -0.496 e. The third kappa shape index (κ3) is 3.94. The van der Waals surface area contributed by atoms with Crippen molar-refractivity contribution in [2.75, 3.05) is 20.2 Å². The predicted octanol–water partition coefficient (Wildman–Crippen LogP) is 3.88. The van der Waals surface area contributed by atoms with Crippen molar-refractivity contribution in [1.29, 1.82) is 0 Å². The standard InChI is InChI=1S/C24H24N2O3/c1-29-22-12-5-4-10-21(22)23(27)25-18-13-15-26(16-14-18)24(28)20-11-6-8-17-7-2-3-9-19(17)20/h2-12,18H,13-16H2,1H3,(H,25,27). The largest absolute Gasteiger partial charge is 0.496 e. The zero-order chi connectivity index (χ0) is 20.2. The Hall–Kier alpha value is -3.34. The molecule has 1 N–H and O–H groups in total. The highest BCUT2D eigenvalue weighted by Gasteiger charge is 2.26. The molecule has 1 fully saturated rings. The molecule has 0 aromatic heterocycles. The fraction of sp³-hybridized carbons (Fsp3) is 0.250. The monoisotopic (exact) mass is 388 g/mol. The molecule has 148 valence electrons. The maximum atomic E-state index is 13.1. The van der Waals surface area contributed by atoms with Gasteiger partial charge in [0.2, 0.25) is 0 Å². The molecule has 1 heterocycles. The highest BCUT2D eigenvalue weighted by atomic mass is 16.5. The van der Waals surface area contributed by atoms with E-state index >= 15 is 0 Å². The van der Waals surface area contributed by atoms with Gasteiger partial charge in [-0.2, -0.15) is 0 Å². The molecular weight excluding hydrogens is 364 g/mol. The van der Waals surface area contributed by atoms with Gasteiger partial charge in [-0.3, -0.25) is 9.59 Å². The number of para-hydroxylation sites is 1. The molecule has 3 aromatic carbocycles. The minimum absolute atomic E-state index is 0.0454. The zero-order valence-corrected chi connectivity index (χ0v) is 16.4. The number of nitrogens with one attached hydrogen (secondary N) is 1. The van der Waals surface area contributed by atoms with E-state index in [4.69, 9.17) is 4.74 Å². The van der Waals surface area contributed by atoms with Crippen LogP contribution in [0, 0.1) is 0 Å². The van der Waals surface area contributed by atoms with Gasteiger partial charge in [0.05, 0.1) is 12.7 Å². The summed E-state index contributed by atoms with van der Waals surface area (Å²) < 4.78 is 5.27. The third-order valence-electron chi connectivity index (χ3n) is 5.49. The summed E-state index contributed by atoms with van der Waals surface area (Å²) in [5.41, 5.74) is 1.27. The van der Waals surface area contributed by atoms with Gasteiger partial charge < -0.3 is 15.0 Å². The molecule has 5 nitrogen and oxygen atoms in total. The number of fused-ring (bicyclic) bond motifs is 1. The van der Waals surface area contributed by atoms with E-state index in [0.717, 1.165) is 29.2 Å². The van der Waals surface area contributed by atoms with Crippen molar-refractivity contribution in [2.45, 2.75) is 18.9 Å². The maximum Gasteiger partial charge on any atom is 0.255 e. The first-order chi connectivity index (χ1) is 14.2. The number of carbonyl (C=O) groups is 2. The second kappa shape index (κ2) is 8.35. The molecule has 4 rings (SSSR count). The van der Waals surface area contributed by atoms with Crippen molar-refractivity contribution >= 4 is 22.6 Å². The summed E-state index contributed by atoms with van der Waals surface area (Å²) >= 11 is 0. The van der Waals surface area contributed by atoms with Gasteiger partial charge in [0.25, 0.3) is 11.8 Å². The Balaban J connectivity index is 1.40. The van der Waals surface area contributed by atoms with Gasteiger partial charge in [-0.1, -0.05) is 48.5 Å². The van der Waals surface area contributed by atoms with Crippen LogP contribution in [0.4, 0.5) is 0 Å². The number of rotatable bonds is 4. The quantitative estimate of drug-likeness (QED) is 0.738. The first-order valence-corrected chi connectivity index (χ1v) is 9.88. The molecular formula is C24H24N2O3. The van der Waals surface area contributed by atoms with Gasteiger partial charge in [-0.25, -0.2) is 0 Å². The summed E-state index contributed by atoms with van der Waals surface area (Å²) in [6.07, 6.45) is 1.47. The summed E-state index contributed by atoms with van der Waals surface area (Å²) in [6, 6.07) is 21.0. The fourth-order valence-corrected chi connectivity index (χ4v) is 3.90. The van der Waals surface area contributed by atoms with E-state index in [2.05, 4.69) is 5.32 Å². The molecule has 3 aromatic rings. The third-order valence-corrected chi connectivity index (χ3v) is 5.49. The molecule has 0 spiro atoms. The summed E-state index contributed by atoms with van der Waals surface area (Å²) in [5.74, 6) is 0.478. The topological polar surface area (TPSA) is 58.6 Å². The molecule has 1 aliphatic heterocycles. The van der Waals surface area contributed by atoms with Crippen LogP contribution in [0.15, 0.2) is 66.7 Å². The molecule has 0 radical (unpaired) electrons. The van der Waals surface area contributed by atoms with Crippen molar-refractivity contribution in [3.8, 4) is 5.75 Å². The van der Waals surface area contributed by atoms with Crippen LogP contribution in [0.5, 0.6) is 5.75 Å². The SMILES string of the molecule is COc1ccccc1C(=O)NC1CCN(C(=O)c2cccc3ccccc23)CC1. The highest BCUT2D eigenvalue weighted by molar-refractivity contribution is 6.07. The average molecular weight is 388 g/mol. The summed E-state index contributed by atoms with van der Waals surface area (Å²) in [5, 5.41) is 5.13. The molecule has 1 saturated heterocycles. The lowest BCUT2D eigenvalue weighted by molar-refractivity contribution is 0.0700. The highest BCUT2D eigenvalue weighted by Crippen LogP contribution is 2.23. The number of ether oxygens (including phenoxy) is 1. The van der Waals surface area contributed by atoms with Crippen LogP contribution in [0.25, 0.3) is 10.8 Å². The molecule has 0 bridgehead atoms. The van der Waals surface area contributed by atoms with E-state index in [1.165, 1.54) is 0 Å². The van der Waals surface area contributed by atoms with Crippen LogP contribution in [0.1, 0.15) is 33.6 Å². The van der Waals surface area contributed by atoms with Gasteiger partial charge in [-0.05, 0) is 41.8 Å². The zero-order valence-electron chi connectivity index (χ0n) is 16.4. The first-order valence-electron chi connectivity index (χ1n) is 9.88. The van der Waals surface area contributed by atoms with E-state index in [-0.39, 0.29) is 17.9 Å². The van der Waals surface area contributed by atoms with Crippen LogP contribution in [0.2, 0.25) is 0 Å². The van der Waals surface area contributed by atoms with Crippen molar-refractivity contribution in [3.05, 3.63) is 77.9 Å².